The quantitative estimate of drug-likeness (QED) is 0.542. The molecule has 0 radical (unpaired) electrons. The monoisotopic (exact) mass is 497 g/mol. The van der Waals surface area contributed by atoms with Crippen LogP contribution in [0.2, 0.25) is 0 Å². The second-order valence-electron chi connectivity index (χ2n) is 10.3. The number of hydrogen-bond donors (Lipinski definition) is 3. The maximum Gasteiger partial charge on any atom is 0.354 e. The molecule has 3 aliphatic rings. The third-order valence-corrected chi connectivity index (χ3v) is 7.58. The third kappa shape index (κ3) is 6.11. The summed E-state index contributed by atoms with van der Waals surface area (Å²) < 4.78 is 16.5. The first-order valence-electron chi connectivity index (χ1n) is 13.1. The molecule has 2 aliphatic carbocycles. The molecule has 0 atom stereocenters. The van der Waals surface area contributed by atoms with E-state index < -0.39 is 5.69 Å². The molecule has 0 unspecified atom stereocenters. The molecule has 2 heterocycles. The zero-order valence-electron chi connectivity index (χ0n) is 20.7. The lowest BCUT2D eigenvalue weighted by molar-refractivity contribution is 0.134. The predicted molar refractivity (Wildman–Crippen MR) is 137 cm³/mol. The molecule has 10 heteroatoms. The smallest absolute Gasteiger partial charge is 0.328 e. The van der Waals surface area contributed by atoms with Gasteiger partial charge in [-0.05, 0) is 62.6 Å². The van der Waals surface area contributed by atoms with Crippen molar-refractivity contribution >= 4 is 11.8 Å². The normalized spacial score (nSPS) is 22.6. The molecule has 1 aromatic carbocycles. The molecule has 4 N–H and O–H groups in total. The number of carbonyl (C=O) groups is 1. The number of hydrogen-bond acceptors (Lipinski definition) is 6. The maximum absolute atomic E-state index is 15.2. The lowest BCUT2D eigenvalue weighted by Gasteiger charge is -2.36. The van der Waals surface area contributed by atoms with Crippen LogP contribution in [0.3, 0.4) is 0 Å². The van der Waals surface area contributed by atoms with Crippen molar-refractivity contribution in [1.82, 2.24) is 24.7 Å². The van der Waals surface area contributed by atoms with Gasteiger partial charge in [0.25, 0.3) is 0 Å². The molecule has 2 saturated carbocycles. The number of nitrogens with two attached hydrogens (primary N) is 1. The molecule has 3 fully saturated rings. The molecule has 194 valence electrons. The standard InChI is InChI=1S/C26H36FN7O2/c27-23-15-22(34-12-9-24(31-26(34)36)30-25(35)32-13-10-29-11-14-32)6-3-19(23)17-33(16-18-1-2-18)21-7-4-20(28)5-8-21/h3,6,9,12,15,18,20-21,29H,1-2,4-5,7-8,10-11,13-14,16-17,28H2,(H,30,31,35,36). The van der Waals surface area contributed by atoms with Crippen LogP contribution in [0.4, 0.5) is 15.0 Å². The SMILES string of the molecule is NC1CCC(N(Cc2ccc(-n3ccc(NC(=O)N4CCNCC4)nc3=O)cc2F)CC2CC2)CC1. The highest BCUT2D eigenvalue weighted by molar-refractivity contribution is 5.88. The van der Waals surface area contributed by atoms with Crippen molar-refractivity contribution < 1.29 is 9.18 Å². The minimum absolute atomic E-state index is 0.180. The largest absolute Gasteiger partial charge is 0.354 e. The van der Waals surface area contributed by atoms with Crippen molar-refractivity contribution in [3.63, 3.8) is 0 Å². The van der Waals surface area contributed by atoms with Gasteiger partial charge in [0.05, 0.1) is 5.69 Å². The zero-order valence-corrected chi connectivity index (χ0v) is 20.7. The van der Waals surface area contributed by atoms with Crippen LogP contribution in [0.25, 0.3) is 5.69 Å². The van der Waals surface area contributed by atoms with Gasteiger partial charge in [-0.1, -0.05) is 6.07 Å². The molecular weight excluding hydrogens is 461 g/mol. The van der Waals surface area contributed by atoms with Crippen molar-refractivity contribution in [3.05, 3.63) is 52.3 Å². The van der Waals surface area contributed by atoms with Gasteiger partial charge < -0.3 is 16.0 Å². The molecule has 36 heavy (non-hydrogen) atoms. The van der Waals surface area contributed by atoms with Crippen molar-refractivity contribution in [2.75, 3.05) is 38.0 Å². The zero-order chi connectivity index (χ0) is 25.1. The van der Waals surface area contributed by atoms with E-state index in [9.17, 15) is 9.59 Å². The number of piperazine rings is 1. The minimum Gasteiger partial charge on any atom is -0.328 e. The lowest BCUT2D eigenvalue weighted by Crippen LogP contribution is -2.48. The molecule has 2 amide bonds. The van der Waals surface area contributed by atoms with E-state index in [0.717, 1.165) is 51.2 Å². The predicted octanol–water partition coefficient (Wildman–Crippen LogP) is 2.29. The molecule has 2 aromatic rings. The van der Waals surface area contributed by atoms with Gasteiger partial charge in [0.2, 0.25) is 0 Å². The van der Waals surface area contributed by atoms with Gasteiger partial charge in [0.15, 0.2) is 0 Å². The Balaban J connectivity index is 1.27. The Labute approximate surface area is 210 Å². The molecule has 5 rings (SSSR count). The fourth-order valence-electron chi connectivity index (χ4n) is 5.20. The highest BCUT2D eigenvalue weighted by atomic mass is 19.1. The van der Waals surface area contributed by atoms with E-state index in [2.05, 4.69) is 20.5 Å². The van der Waals surface area contributed by atoms with Crippen LogP contribution in [0.5, 0.6) is 0 Å². The first-order chi connectivity index (χ1) is 17.5. The number of nitrogens with zero attached hydrogens (tertiary/aromatic N) is 4. The van der Waals surface area contributed by atoms with Crippen molar-refractivity contribution in [1.29, 1.82) is 0 Å². The summed E-state index contributed by atoms with van der Waals surface area (Å²) in [7, 11) is 0. The van der Waals surface area contributed by atoms with Gasteiger partial charge >= 0.3 is 11.7 Å². The topological polar surface area (TPSA) is 109 Å². The second-order valence-corrected chi connectivity index (χ2v) is 10.3. The Hall–Kier alpha value is -2.82. The van der Waals surface area contributed by atoms with Gasteiger partial charge in [-0.15, -0.1) is 0 Å². The number of amides is 2. The summed E-state index contributed by atoms with van der Waals surface area (Å²) in [4.78, 5) is 33.1. The molecular formula is C26H36FN7O2. The van der Waals surface area contributed by atoms with Crippen molar-refractivity contribution in [3.8, 4) is 5.69 Å². The van der Waals surface area contributed by atoms with Crippen LogP contribution in [-0.2, 0) is 6.54 Å². The number of rotatable bonds is 7. The summed E-state index contributed by atoms with van der Waals surface area (Å²) in [5.74, 6) is 0.571. The molecule has 0 spiro atoms. The van der Waals surface area contributed by atoms with Gasteiger partial charge in [0, 0.05) is 63.1 Å². The first kappa shape index (κ1) is 24.9. The minimum atomic E-state index is -0.575. The summed E-state index contributed by atoms with van der Waals surface area (Å²) in [6.45, 7) is 4.23. The van der Waals surface area contributed by atoms with E-state index in [4.69, 9.17) is 5.73 Å². The number of benzene rings is 1. The number of aromatic nitrogens is 2. The Kier molecular flexibility index (Phi) is 7.64. The number of anilines is 1. The van der Waals surface area contributed by atoms with E-state index in [1.807, 2.05) is 0 Å². The summed E-state index contributed by atoms with van der Waals surface area (Å²) >= 11 is 0. The molecule has 1 aromatic heterocycles. The number of halogens is 1. The summed E-state index contributed by atoms with van der Waals surface area (Å²) in [6, 6.07) is 6.92. The summed E-state index contributed by atoms with van der Waals surface area (Å²) in [5, 5.41) is 5.86. The van der Waals surface area contributed by atoms with E-state index in [0.29, 0.717) is 36.9 Å². The summed E-state index contributed by atoms with van der Waals surface area (Å²) in [5.41, 5.74) is 6.57. The van der Waals surface area contributed by atoms with Gasteiger partial charge in [0.1, 0.15) is 11.6 Å². The van der Waals surface area contributed by atoms with Crippen molar-refractivity contribution in [2.45, 2.75) is 57.2 Å². The number of urea groups is 1. The van der Waals surface area contributed by atoms with E-state index in [-0.39, 0.29) is 23.7 Å². The van der Waals surface area contributed by atoms with E-state index in [1.165, 1.54) is 29.7 Å². The molecule has 1 saturated heterocycles. The van der Waals surface area contributed by atoms with Crippen LogP contribution >= 0.6 is 0 Å². The van der Waals surface area contributed by atoms with Crippen LogP contribution in [0.1, 0.15) is 44.1 Å². The Bertz CT molecular complexity index is 1120. The third-order valence-electron chi connectivity index (χ3n) is 7.58. The fourth-order valence-corrected chi connectivity index (χ4v) is 5.20. The Morgan fingerprint density at radius 1 is 1.14 bits per heavy atom. The highest BCUT2D eigenvalue weighted by Gasteiger charge is 2.30. The molecule has 1 aliphatic heterocycles. The fraction of sp³-hybridized carbons (Fsp3) is 0.577. The average Bonchev–Trinajstić information content (AvgIpc) is 3.70. The number of carbonyl (C=O) groups excluding carboxylic acids is 1. The van der Waals surface area contributed by atoms with Crippen molar-refractivity contribution in [2.24, 2.45) is 11.7 Å². The van der Waals surface area contributed by atoms with Crippen LogP contribution in [0.15, 0.2) is 35.3 Å². The Morgan fingerprint density at radius 2 is 1.89 bits per heavy atom. The van der Waals surface area contributed by atoms with Gasteiger partial charge in [-0.2, -0.15) is 4.98 Å². The van der Waals surface area contributed by atoms with Gasteiger partial charge in [-0.3, -0.25) is 14.8 Å². The molecule has 0 bridgehead atoms. The van der Waals surface area contributed by atoms with Crippen LogP contribution < -0.4 is 22.1 Å². The van der Waals surface area contributed by atoms with Crippen LogP contribution in [0, 0.1) is 11.7 Å². The maximum atomic E-state index is 15.2. The van der Waals surface area contributed by atoms with Gasteiger partial charge in [-0.25, -0.2) is 14.0 Å². The number of nitrogens with one attached hydrogen (secondary N) is 2. The average molecular weight is 498 g/mol. The second kappa shape index (κ2) is 11.1. The highest BCUT2D eigenvalue weighted by Crippen LogP contribution is 2.33. The Morgan fingerprint density at radius 3 is 2.56 bits per heavy atom. The van der Waals surface area contributed by atoms with E-state index in [1.54, 1.807) is 23.1 Å². The first-order valence-corrected chi connectivity index (χ1v) is 13.1. The lowest BCUT2D eigenvalue weighted by atomic mass is 9.90. The van der Waals surface area contributed by atoms with Crippen LogP contribution in [-0.4, -0.2) is 70.2 Å². The summed E-state index contributed by atoms with van der Waals surface area (Å²) in [6.07, 6.45) is 8.20. The van der Waals surface area contributed by atoms with E-state index >= 15 is 4.39 Å². The molecule has 9 nitrogen and oxygen atoms in total.